The van der Waals surface area contributed by atoms with Gasteiger partial charge in [0, 0.05) is 40.7 Å². The minimum absolute atomic E-state index is 0.108. The summed E-state index contributed by atoms with van der Waals surface area (Å²) in [6.07, 6.45) is 2.97. The lowest BCUT2D eigenvalue weighted by Crippen LogP contribution is -2.30. The molecule has 50 heavy (non-hydrogen) atoms. The van der Waals surface area contributed by atoms with Crippen LogP contribution in [-0.4, -0.2) is 34.4 Å². The van der Waals surface area contributed by atoms with Crippen LogP contribution in [0.15, 0.2) is 112 Å². The molecule has 1 unspecified atom stereocenters. The predicted octanol–water partition coefficient (Wildman–Crippen LogP) is 8.16. The maximum Gasteiger partial charge on any atom is 0.272 e. The Balaban J connectivity index is 1.11. The first kappa shape index (κ1) is 34.9. The van der Waals surface area contributed by atoms with Gasteiger partial charge < -0.3 is 16.0 Å². The Morgan fingerprint density at radius 1 is 1.00 bits per heavy atom. The van der Waals surface area contributed by atoms with Gasteiger partial charge in [-0.25, -0.2) is 0 Å². The van der Waals surface area contributed by atoms with Crippen LogP contribution in [0.2, 0.25) is 0 Å². The number of nitrogens with zero attached hydrogens (tertiary/aromatic N) is 2. The Hall–Kier alpha value is -4.99. The molecule has 0 aliphatic carbocycles. The summed E-state index contributed by atoms with van der Waals surface area (Å²) in [6.45, 7) is 4.38. The number of carbonyl (C=O) groups is 3. The number of nitriles is 1. The van der Waals surface area contributed by atoms with E-state index in [0.717, 1.165) is 47.0 Å². The monoisotopic (exact) mass is 717 g/mol. The van der Waals surface area contributed by atoms with Crippen molar-refractivity contribution < 1.29 is 14.4 Å². The first-order valence-electron chi connectivity index (χ1n) is 16.2. The van der Waals surface area contributed by atoms with Crippen molar-refractivity contribution in [3.63, 3.8) is 0 Å². The van der Waals surface area contributed by atoms with Crippen LogP contribution in [0.3, 0.4) is 0 Å². The summed E-state index contributed by atoms with van der Waals surface area (Å²) in [5.74, 6) is -1.03. The fraction of sp³-hybridized carbons (Fsp3) is 0.179. The average molecular weight is 718 g/mol. The summed E-state index contributed by atoms with van der Waals surface area (Å²) in [5.41, 5.74) is 4.72. The summed E-state index contributed by atoms with van der Waals surface area (Å²) < 4.78 is 0. The van der Waals surface area contributed by atoms with Crippen LogP contribution in [-0.2, 0) is 29.1 Å². The quantitative estimate of drug-likeness (QED) is 0.0887. The summed E-state index contributed by atoms with van der Waals surface area (Å²) in [5, 5.41) is 22.7. The van der Waals surface area contributed by atoms with Gasteiger partial charge in [0.1, 0.15) is 16.8 Å². The minimum atomic E-state index is -0.472. The molecule has 252 valence electrons. The summed E-state index contributed by atoms with van der Waals surface area (Å²) in [6, 6.07) is 30.6. The van der Waals surface area contributed by atoms with E-state index in [1.165, 1.54) is 40.0 Å². The van der Waals surface area contributed by atoms with Crippen molar-refractivity contribution in [2.75, 3.05) is 17.2 Å². The zero-order valence-corrected chi connectivity index (χ0v) is 29.8. The molecule has 0 saturated heterocycles. The second-order valence-corrected chi connectivity index (χ2v) is 14.8. The van der Waals surface area contributed by atoms with Gasteiger partial charge in [0.2, 0.25) is 5.91 Å². The molecule has 3 amide bonds. The van der Waals surface area contributed by atoms with Gasteiger partial charge in [-0.1, -0.05) is 61.5 Å². The second-order valence-electron chi connectivity index (χ2n) is 11.7. The van der Waals surface area contributed by atoms with Crippen LogP contribution in [0, 0.1) is 11.3 Å². The number of benzene rings is 3. The van der Waals surface area contributed by atoms with Crippen molar-refractivity contribution in [3.05, 3.63) is 140 Å². The van der Waals surface area contributed by atoms with Crippen LogP contribution in [0.25, 0.3) is 6.08 Å². The van der Waals surface area contributed by atoms with Crippen molar-refractivity contribution in [1.29, 1.82) is 5.26 Å². The third-order valence-electron chi connectivity index (χ3n) is 8.15. The van der Waals surface area contributed by atoms with Gasteiger partial charge in [0.25, 0.3) is 11.8 Å². The molecule has 1 atom stereocenters. The van der Waals surface area contributed by atoms with Crippen LogP contribution in [0.1, 0.15) is 50.8 Å². The molecule has 0 saturated carbocycles. The fourth-order valence-corrected chi connectivity index (χ4v) is 8.50. The van der Waals surface area contributed by atoms with E-state index in [2.05, 4.69) is 39.1 Å². The first-order chi connectivity index (χ1) is 24.4. The molecule has 1 aliphatic rings. The number of amides is 3. The topological polar surface area (TPSA) is 114 Å². The molecule has 3 N–H and O–H groups in total. The second kappa shape index (κ2) is 16.6. The number of fused-ring (bicyclic) bond motifs is 1. The van der Waals surface area contributed by atoms with E-state index in [1.807, 2.05) is 66.2 Å². The minimum Gasteiger partial charge on any atom is -0.321 e. The largest absolute Gasteiger partial charge is 0.321 e. The van der Waals surface area contributed by atoms with Gasteiger partial charge >= 0.3 is 0 Å². The van der Waals surface area contributed by atoms with Crippen molar-refractivity contribution in [2.45, 2.75) is 43.0 Å². The standard InChI is InChI=1S/C39H35N5O3S3/c1-2-34(38(47)43-39-32(22-40)31-16-18-44(24-35(31)50-39)23-26-10-5-3-6-11-26)49-30-15-9-14-29(21-30)41-37(46)33(20-27-17-19-48-25-27)42-36(45)28-12-7-4-8-13-28/h3-15,17,19-21,25,34H,2,16,18,23-24H2,1H3,(H,41,46)(H,42,45)(H,43,47)/b33-20-. The molecule has 8 nitrogen and oxygen atoms in total. The van der Waals surface area contributed by atoms with Crippen molar-refractivity contribution >= 4 is 68.9 Å². The molecule has 3 heterocycles. The van der Waals surface area contributed by atoms with E-state index in [9.17, 15) is 19.6 Å². The number of nitrogens with one attached hydrogen (secondary N) is 3. The molecule has 0 fully saturated rings. The van der Waals surface area contributed by atoms with Gasteiger partial charge in [-0.3, -0.25) is 19.3 Å². The van der Waals surface area contributed by atoms with Crippen molar-refractivity contribution in [2.24, 2.45) is 0 Å². The maximum atomic E-state index is 13.6. The Kier molecular flexibility index (Phi) is 11.6. The number of hydrogen-bond donors (Lipinski definition) is 3. The van der Waals surface area contributed by atoms with Gasteiger partial charge in [-0.05, 0) is 82.8 Å². The van der Waals surface area contributed by atoms with Gasteiger partial charge in [-0.2, -0.15) is 16.6 Å². The number of hydrogen-bond acceptors (Lipinski definition) is 8. The molecule has 11 heteroatoms. The number of rotatable bonds is 12. The summed E-state index contributed by atoms with van der Waals surface area (Å²) in [7, 11) is 0. The number of thiophene rings is 2. The third-order valence-corrected chi connectivity index (χ3v) is 11.3. The number of carbonyl (C=O) groups excluding carboxylic acids is 3. The lowest BCUT2D eigenvalue weighted by molar-refractivity contribution is -0.116. The lowest BCUT2D eigenvalue weighted by atomic mass is 10.0. The molecule has 0 spiro atoms. The van der Waals surface area contributed by atoms with Gasteiger partial charge in [0.05, 0.1) is 10.8 Å². The van der Waals surface area contributed by atoms with Gasteiger partial charge in [0.15, 0.2) is 0 Å². The van der Waals surface area contributed by atoms with Crippen molar-refractivity contribution in [3.8, 4) is 6.07 Å². The molecular formula is C39H35N5O3S3. The highest BCUT2D eigenvalue weighted by Crippen LogP contribution is 2.38. The fourth-order valence-electron chi connectivity index (χ4n) is 5.63. The molecule has 2 aromatic heterocycles. The van der Waals surface area contributed by atoms with Crippen molar-refractivity contribution in [1.82, 2.24) is 10.2 Å². The van der Waals surface area contributed by atoms with E-state index in [1.54, 1.807) is 36.4 Å². The zero-order chi connectivity index (χ0) is 34.9. The normalized spacial score (nSPS) is 13.5. The van der Waals surface area contributed by atoms with Gasteiger partial charge in [-0.15, -0.1) is 23.1 Å². The first-order valence-corrected chi connectivity index (χ1v) is 18.8. The number of anilines is 2. The van der Waals surface area contributed by atoms with E-state index in [-0.39, 0.29) is 17.5 Å². The predicted molar refractivity (Wildman–Crippen MR) is 203 cm³/mol. The lowest BCUT2D eigenvalue weighted by Gasteiger charge is -2.26. The Morgan fingerprint density at radius 2 is 1.78 bits per heavy atom. The smallest absolute Gasteiger partial charge is 0.272 e. The van der Waals surface area contributed by atoms with Crippen LogP contribution < -0.4 is 16.0 Å². The zero-order valence-electron chi connectivity index (χ0n) is 27.3. The number of thioether (sulfide) groups is 1. The maximum absolute atomic E-state index is 13.6. The SMILES string of the molecule is CCC(Sc1cccc(NC(=O)/C(=C/c2ccsc2)NC(=O)c2ccccc2)c1)C(=O)Nc1sc2c(c1C#N)CCN(Cc1ccccc1)C2. The Morgan fingerprint density at radius 3 is 2.50 bits per heavy atom. The summed E-state index contributed by atoms with van der Waals surface area (Å²) >= 11 is 4.38. The molecule has 3 aromatic carbocycles. The Bertz CT molecular complexity index is 2040. The highest BCUT2D eigenvalue weighted by Gasteiger charge is 2.27. The molecule has 0 bridgehead atoms. The third kappa shape index (κ3) is 8.77. The van der Waals surface area contributed by atoms with E-state index < -0.39 is 11.2 Å². The summed E-state index contributed by atoms with van der Waals surface area (Å²) in [4.78, 5) is 44.3. The highest BCUT2D eigenvalue weighted by molar-refractivity contribution is 8.00. The highest BCUT2D eigenvalue weighted by atomic mass is 32.2. The van der Waals surface area contributed by atoms with Crippen LogP contribution >= 0.6 is 34.4 Å². The van der Waals surface area contributed by atoms with E-state index in [0.29, 0.717) is 28.2 Å². The molecule has 0 radical (unpaired) electrons. The van der Waals surface area contributed by atoms with Crippen LogP contribution in [0.4, 0.5) is 10.7 Å². The Labute approximate surface area is 303 Å². The van der Waals surface area contributed by atoms with E-state index >= 15 is 0 Å². The van der Waals surface area contributed by atoms with Crippen LogP contribution in [0.5, 0.6) is 0 Å². The molecule has 5 aromatic rings. The average Bonchev–Trinajstić information content (AvgIpc) is 3.78. The molecule has 6 rings (SSSR count). The molecular weight excluding hydrogens is 683 g/mol. The van der Waals surface area contributed by atoms with E-state index in [4.69, 9.17) is 0 Å². The molecule has 1 aliphatic heterocycles.